The van der Waals surface area contributed by atoms with E-state index in [1.165, 1.54) is 0 Å². The van der Waals surface area contributed by atoms with Crippen molar-refractivity contribution in [2.75, 3.05) is 0 Å². The van der Waals surface area contributed by atoms with E-state index >= 15 is 0 Å². The molecule has 2 rings (SSSR count). The summed E-state index contributed by atoms with van der Waals surface area (Å²) < 4.78 is 5.61. The number of hydrogen-bond donors (Lipinski definition) is 0. The fourth-order valence-corrected chi connectivity index (χ4v) is 1.88. The Morgan fingerprint density at radius 3 is 2.11 bits per heavy atom. The second-order valence-electron chi connectivity index (χ2n) is 5.13. The lowest BCUT2D eigenvalue weighted by atomic mass is 9.98. The third kappa shape index (κ3) is 3.22. The minimum Gasteiger partial charge on any atom is -0.451 e. The normalized spacial score (nSPS) is 11.1. The highest BCUT2D eigenvalue weighted by Gasteiger charge is 2.25. The first-order valence-electron chi connectivity index (χ1n) is 6.34. The standard InChI is InChI=1S/C17H18O2/c1-13-9-11-14(12-10-13)16(18)19-17(2,3)15-7-5-4-6-8-15/h4-12H,1-3H3. The molecule has 0 aliphatic carbocycles. The van der Waals surface area contributed by atoms with Gasteiger partial charge in [0.25, 0.3) is 0 Å². The van der Waals surface area contributed by atoms with Gasteiger partial charge in [0.1, 0.15) is 5.60 Å². The van der Waals surface area contributed by atoms with E-state index in [4.69, 9.17) is 4.74 Å². The summed E-state index contributed by atoms with van der Waals surface area (Å²) in [7, 11) is 0. The molecule has 0 N–H and O–H groups in total. The van der Waals surface area contributed by atoms with Crippen LogP contribution in [0.2, 0.25) is 0 Å². The predicted octanol–water partition coefficient (Wildman–Crippen LogP) is 4.09. The van der Waals surface area contributed by atoms with Gasteiger partial charge in [0.05, 0.1) is 5.56 Å². The van der Waals surface area contributed by atoms with Gasteiger partial charge in [-0.3, -0.25) is 0 Å². The van der Waals surface area contributed by atoms with Crippen LogP contribution in [0.3, 0.4) is 0 Å². The van der Waals surface area contributed by atoms with Crippen LogP contribution in [-0.2, 0) is 10.3 Å². The molecule has 0 unspecified atom stereocenters. The third-order valence-corrected chi connectivity index (χ3v) is 3.10. The highest BCUT2D eigenvalue weighted by Crippen LogP contribution is 2.25. The number of aryl methyl sites for hydroxylation is 1. The van der Waals surface area contributed by atoms with E-state index in [0.29, 0.717) is 5.56 Å². The zero-order valence-corrected chi connectivity index (χ0v) is 11.5. The molecule has 0 aliphatic rings. The van der Waals surface area contributed by atoms with E-state index in [1.54, 1.807) is 12.1 Å². The van der Waals surface area contributed by atoms with Crippen LogP contribution in [0.4, 0.5) is 0 Å². The van der Waals surface area contributed by atoms with E-state index in [2.05, 4.69) is 0 Å². The van der Waals surface area contributed by atoms with Crippen molar-refractivity contribution >= 4 is 5.97 Å². The Labute approximate surface area is 114 Å². The van der Waals surface area contributed by atoms with Gasteiger partial charge >= 0.3 is 5.97 Å². The summed E-state index contributed by atoms with van der Waals surface area (Å²) in [5.41, 5.74) is 2.05. The van der Waals surface area contributed by atoms with Gasteiger partial charge in [-0.15, -0.1) is 0 Å². The molecule has 0 amide bonds. The van der Waals surface area contributed by atoms with Crippen molar-refractivity contribution in [2.24, 2.45) is 0 Å². The summed E-state index contributed by atoms with van der Waals surface area (Å²) in [5.74, 6) is -0.297. The Kier molecular flexibility index (Phi) is 3.70. The molecule has 0 bridgehead atoms. The Bertz CT molecular complexity index is 554. The average molecular weight is 254 g/mol. The van der Waals surface area contributed by atoms with E-state index in [0.717, 1.165) is 11.1 Å². The number of benzene rings is 2. The van der Waals surface area contributed by atoms with E-state index < -0.39 is 5.60 Å². The highest BCUT2D eigenvalue weighted by atomic mass is 16.6. The van der Waals surface area contributed by atoms with Crippen molar-refractivity contribution in [1.82, 2.24) is 0 Å². The van der Waals surface area contributed by atoms with Crippen LogP contribution < -0.4 is 0 Å². The van der Waals surface area contributed by atoms with Crippen LogP contribution in [0.15, 0.2) is 54.6 Å². The average Bonchev–Trinajstić information content (AvgIpc) is 2.40. The minimum absolute atomic E-state index is 0.297. The fraction of sp³-hybridized carbons (Fsp3) is 0.235. The molecule has 0 aliphatic heterocycles. The molecular formula is C17H18O2. The zero-order valence-electron chi connectivity index (χ0n) is 11.5. The SMILES string of the molecule is Cc1ccc(C(=O)OC(C)(C)c2ccccc2)cc1. The van der Waals surface area contributed by atoms with Gasteiger partial charge in [0.2, 0.25) is 0 Å². The minimum atomic E-state index is -0.636. The van der Waals surface area contributed by atoms with Crippen LogP contribution in [0, 0.1) is 6.92 Å². The van der Waals surface area contributed by atoms with Gasteiger partial charge in [-0.1, -0.05) is 48.0 Å². The number of rotatable bonds is 3. The van der Waals surface area contributed by atoms with Gasteiger partial charge in [-0.2, -0.15) is 0 Å². The molecule has 0 radical (unpaired) electrons. The first kappa shape index (κ1) is 13.3. The Balaban J connectivity index is 2.16. The maximum absolute atomic E-state index is 12.1. The first-order chi connectivity index (χ1) is 8.99. The topological polar surface area (TPSA) is 26.3 Å². The molecule has 0 spiro atoms. The second-order valence-corrected chi connectivity index (χ2v) is 5.13. The van der Waals surface area contributed by atoms with Crippen molar-refractivity contribution in [3.63, 3.8) is 0 Å². The van der Waals surface area contributed by atoms with Crippen molar-refractivity contribution < 1.29 is 9.53 Å². The van der Waals surface area contributed by atoms with Gasteiger partial charge in [0.15, 0.2) is 0 Å². The number of hydrogen-bond acceptors (Lipinski definition) is 2. The van der Waals surface area contributed by atoms with Crippen molar-refractivity contribution in [1.29, 1.82) is 0 Å². The maximum Gasteiger partial charge on any atom is 0.338 e. The molecule has 2 aromatic rings. The van der Waals surface area contributed by atoms with Crippen molar-refractivity contribution in [3.8, 4) is 0 Å². The maximum atomic E-state index is 12.1. The number of ether oxygens (including phenoxy) is 1. The molecular weight excluding hydrogens is 236 g/mol. The van der Waals surface area contributed by atoms with E-state index in [-0.39, 0.29) is 5.97 Å². The van der Waals surface area contributed by atoms with E-state index in [1.807, 2.05) is 63.2 Å². The molecule has 98 valence electrons. The predicted molar refractivity (Wildman–Crippen MR) is 76.1 cm³/mol. The van der Waals surface area contributed by atoms with Gasteiger partial charge in [0, 0.05) is 0 Å². The largest absolute Gasteiger partial charge is 0.451 e. The number of carbonyl (C=O) groups excluding carboxylic acids is 1. The Hall–Kier alpha value is -2.09. The quantitative estimate of drug-likeness (QED) is 0.771. The van der Waals surface area contributed by atoms with Crippen molar-refractivity contribution in [2.45, 2.75) is 26.4 Å². The molecule has 2 aromatic carbocycles. The molecule has 0 fully saturated rings. The monoisotopic (exact) mass is 254 g/mol. The van der Waals surface area contributed by atoms with E-state index in [9.17, 15) is 4.79 Å². The summed E-state index contributed by atoms with van der Waals surface area (Å²) in [6.07, 6.45) is 0. The second kappa shape index (κ2) is 5.27. The highest BCUT2D eigenvalue weighted by molar-refractivity contribution is 5.89. The lowest BCUT2D eigenvalue weighted by molar-refractivity contribution is -0.00312. The molecule has 0 heterocycles. The fourth-order valence-electron chi connectivity index (χ4n) is 1.88. The first-order valence-corrected chi connectivity index (χ1v) is 6.34. The summed E-state index contributed by atoms with van der Waals surface area (Å²) >= 11 is 0. The molecule has 2 nitrogen and oxygen atoms in total. The third-order valence-electron chi connectivity index (χ3n) is 3.10. The van der Waals surface area contributed by atoms with Crippen LogP contribution in [0.1, 0.15) is 35.3 Å². The Morgan fingerprint density at radius 2 is 1.53 bits per heavy atom. The van der Waals surface area contributed by atoms with Crippen molar-refractivity contribution in [3.05, 3.63) is 71.3 Å². The Morgan fingerprint density at radius 1 is 0.947 bits per heavy atom. The summed E-state index contributed by atoms with van der Waals surface area (Å²) in [4.78, 5) is 12.1. The lowest BCUT2D eigenvalue weighted by Crippen LogP contribution is -2.25. The van der Waals surface area contributed by atoms with Crippen LogP contribution >= 0.6 is 0 Å². The molecule has 0 saturated heterocycles. The molecule has 19 heavy (non-hydrogen) atoms. The van der Waals surface area contributed by atoms with Crippen LogP contribution in [0.25, 0.3) is 0 Å². The summed E-state index contributed by atoms with van der Waals surface area (Å²) in [6.45, 7) is 5.78. The van der Waals surface area contributed by atoms with Gasteiger partial charge in [-0.25, -0.2) is 4.79 Å². The van der Waals surface area contributed by atoms with Gasteiger partial charge in [-0.05, 0) is 38.5 Å². The molecule has 2 heteroatoms. The zero-order chi connectivity index (χ0) is 13.9. The molecule has 0 atom stereocenters. The summed E-state index contributed by atoms with van der Waals surface area (Å²) in [6, 6.07) is 17.1. The van der Waals surface area contributed by atoms with Crippen LogP contribution in [0.5, 0.6) is 0 Å². The smallest absolute Gasteiger partial charge is 0.338 e. The lowest BCUT2D eigenvalue weighted by Gasteiger charge is -2.25. The number of esters is 1. The summed E-state index contributed by atoms with van der Waals surface area (Å²) in [5, 5.41) is 0. The molecule has 0 saturated carbocycles. The molecule has 0 aromatic heterocycles. The van der Waals surface area contributed by atoms with Gasteiger partial charge < -0.3 is 4.74 Å². The van der Waals surface area contributed by atoms with Crippen LogP contribution in [-0.4, -0.2) is 5.97 Å². The number of carbonyl (C=O) groups is 1.